The number of aliphatic hydroxyl groups is 1. The largest absolute Gasteiger partial charge is 0.458 e. The minimum absolute atomic E-state index is 0.206. The number of halogens is 3. The molecule has 0 spiro atoms. The Morgan fingerprint density at radius 2 is 1.86 bits per heavy atom. The molecule has 82 valence electrons. The molecule has 6 heteroatoms. The Morgan fingerprint density at radius 3 is 2.07 bits per heavy atom. The number of rotatable bonds is 0. The van der Waals surface area contributed by atoms with Crippen molar-refractivity contribution in [3.63, 3.8) is 0 Å². The highest BCUT2D eigenvalue weighted by molar-refractivity contribution is 5.90. The Balaban J connectivity index is 2.81. The van der Waals surface area contributed by atoms with Crippen LogP contribution in [-0.2, 0) is 4.84 Å². The van der Waals surface area contributed by atoms with Crippen molar-refractivity contribution >= 4 is 5.71 Å². The van der Waals surface area contributed by atoms with E-state index in [0.717, 1.165) is 0 Å². The molecule has 1 N–H and O–H groups in total. The molecule has 1 atom stereocenters. The van der Waals surface area contributed by atoms with Gasteiger partial charge < -0.3 is 9.94 Å². The quantitative estimate of drug-likeness (QED) is 0.666. The summed E-state index contributed by atoms with van der Waals surface area (Å²) in [5, 5.41) is 12.4. The molecule has 1 rings (SSSR count). The molecule has 0 aromatic carbocycles. The van der Waals surface area contributed by atoms with Gasteiger partial charge in [-0.25, -0.2) is 0 Å². The monoisotopic (exact) mass is 211 g/mol. The van der Waals surface area contributed by atoms with E-state index in [1.54, 1.807) is 20.8 Å². The molecule has 0 aliphatic carbocycles. The van der Waals surface area contributed by atoms with Crippen LogP contribution in [0.4, 0.5) is 13.2 Å². The molecule has 0 fully saturated rings. The fourth-order valence-corrected chi connectivity index (χ4v) is 0.976. The highest BCUT2D eigenvalue weighted by atomic mass is 19.4. The number of hydrogen-bond donors (Lipinski definition) is 1. The normalized spacial score (nSPS) is 28.6. The molecular formula is C8H12F3NO2. The SMILES string of the molecule is CC(C)(C)C1=NOC(O)(C(F)(F)F)C1. The van der Waals surface area contributed by atoms with E-state index < -0.39 is 23.8 Å². The van der Waals surface area contributed by atoms with Gasteiger partial charge in [-0.3, -0.25) is 0 Å². The van der Waals surface area contributed by atoms with Gasteiger partial charge in [-0.1, -0.05) is 25.9 Å². The van der Waals surface area contributed by atoms with Gasteiger partial charge in [-0.2, -0.15) is 13.2 Å². The predicted octanol–water partition coefficient (Wildman–Crippen LogP) is 2.06. The van der Waals surface area contributed by atoms with Crippen molar-refractivity contribution in [1.29, 1.82) is 0 Å². The maximum Gasteiger partial charge on any atom is 0.458 e. The molecule has 0 amide bonds. The first kappa shape index (κ1) is 11.3. The topological polar surface area (TPSA) is 41.8 Å². The summed E-state index contributed by atoms with van der Waals surface area (Å²) in [6.45, 7) is 5.12. The van der Waals surface area contributed by atoms with Crippen molar-refractivity contribution in [3.8, 4) is 0 Å². The van der Waals surface area contributed by atoms with E-state index in [1.165, 1.54) is 0 Å². The lowest BCUT2D eigenvalue weighted by molar-refractivity contribution is -0.355. The average Bonchev–Trinajstić information content (AvgIpc) is 2.29. The molecule has 0 radical (unpaired) electrons. The van der Waals surface area contributed by atoms with E-state index in [2.05, 4.69) is 9.99 Å². The molecule has 0 aromatic rings. The number of hydrogen-bond acceptors (Lipinski definition) is 3. The highest BCUT2D eigenvalue weighted by Gasteiger charge is 2.61. The summed E-state index contributed by atoms with van der Waals surface area (Å²) in [5.74, 6) is -3.14. The summed E-state index contributed by atoms with van der Waals surface area (Å²) in [6.07, 6.45) is -5.44. The minimum Gasteiger partial charge on any atom is -0.350 e. The molecule has 0 saturated carbocycles. The molecule has 1 heterocycles. The second-order valence-corrected chi connectivity index (χ2v) is 4.34. The van der Waals surface area contributed by atoms with Crippen molar-refractivity contribution in [1.82, 2.24) is 0 Å². The van der Waals surface area contributed by atoms with E-state index >= 15 is 0 Å². The second-order valence-electron chi connectivity index (χ2n) is 4.34. The van der Waals surface area contributed by atoms with E-state index in [9.17, 15) is 13.2 Å². The first-order chi connectivity index (χ1) is 6.06. The fourth-order valence-electron chi connectivity index (χ4n) is 0.976. The number of oxime groups is 1. The Bertz CT molecular complexity index is 267. The van der Waals surface area contributed by atoms with Crippen LogP contribution in [0.1, 0.15) is 27.2 Å². The zero-order valence-corrected chi connectivity index (χ0v) is 8.14. The third-order valence-electron chi connectivity index (χ3n) is 2.02. The summed E-state index contributed by atoms with van der Waals surface area (Å²) in [7, 11) is 0. The standard InChI is InChI=1S/C8H12F3NO2/c1-6(2,3)5-4-7(13,14-12-5)8(9,10)11/h13H,4H2,1-3H3. The fraction of sp³-hybridized carbons (Fsp3) is 0.875. The minimum atomic E-state index is -4.82. The van der Waals surface area contributed by atoms with Crippen LogP contribution in [0.5, 0.6) is 0 Å². The highest BCUT2D eigenvalue weighted by Crippen LogP contribution is 2.40. The summed E-state index contributed by atoms with van der Waals surface area (Å²) in [4.78, 5) is 4.06. The Hall–Kier alpha value is -0.780. The van der Waals surface area contributed by atoms with Crippen LogP contribution in [0.2, 0.25) is 0 Å². The molecule has 0 bridgehead atoms. The lowest BCUT2D eigenvalue weighted by atomic mass is 9.86. The Morgan fingerprint density at radius 1 is 1.36 bits per heavy atom. The maximum absolute atomic E-state index is 12.3. The maximum atomic E-state index is 12.3. The molecule has 1 aliphatic heterocycles. The van der Waals surface area contributed by atoms with Crippen molar-refractivity contribution in [2.45, 2.75) is 39.2 Å². The van der Waals surface area contributed by atoms with Crippen LogP contribution in [-0.4, -0.2) is 22.8 Å². The lowest BCUT2D eigenvalue weighted by Gasteiger charge is -2.23. The van der Waals surface area contributed by atoms with Gasteiger partial charge in [0.2, 0.25) is 0 Å². The molecule has 3 nitrogen and oxygen atoms in total. The average molecular weight is 211 g/mol. The van der Waals surface area contributed by atoms with Crippen molar-refractivity contribution in [3.05, 3.63) is 0 Å². The Labute approximate surface area is 79.5 Å². The third kappa shape index (κ3) is 1.84. The summed E-state index contributed by atoms with van der Waals surface area (Å²) >= 11 is 0. The van der Waals surface area contributed by atoms with Gasteiger partial charge in [0.25, 0.3) is 0 Å². The van der Waals surface area contributed by atoms with Crippen LogP contribution in [0.3, 0.4) is 0 Å². The van der Waals surface area contributed by atoms with Gasteiger partial charge in [0.1, 0.15) is 0 Å². The lowest BCUT2D eigenvalue weighted by Crippen LogP contribution is -2.45. The van der Waals surface area contributed by atoms with Gasteiger partial charge >= 0.3 is 12.0 Å². The zero-order chi connectivity index (χ0) is 11.2. The smallest absolute Gasteiger partial charge is 0.350 e. The van der Waals surface area contributed by atoms with E-state index in [0.29, 0.717) is 0 Å². The van der Waals surface area contributed by atoms with E-state index in [1.807, 2.05) is 0 Å². The van der Waals surface area contributed by atoms with Gasteiger partial charge in [-0.15, -0.1) is 0 Å². The van der Waals surface area contributed by atoms with Gasteiger partial charge in [-0.05, 0) is 0 Å². The van der Waals surface area contributed by atoms with Crippen LogP contribution in [0.25, 0.3) is 0 Å². The summed E-state index contributed by atoms with van der Waals surface area (Å²) in [5.41, 5.74) is -0.326. The second kappa shape index (κ2) is 2.85. The number of nitrogens with zero attached hydrogens (tertiary/aromatic N) is 1. The number of alkyl halides is 3. The van der Waals surface area contributed by atoms with Crippen LogP contribution in [0, 0.1) is 5.41 Å². The van der Waals surface area contributed by atoms with Crippen LogP contribution >= 0.6 is 0 Å². The first-order valence-corrected chi connectivity index (χ1v) is 4.11. The predicted molar refractivity (Wildman–Crippen MR) is 43.6 cm³/mol. The Kier molecular flexibility index (Phi) is 2.30. The van der Waals surface area contributed by atoms with Gasteiger partial charge in [0, 0.05) is 5.41 Å². The molecule has 1 aliphatic rings. The molecular weight excluding hydrogens is 199 g/mol. The van der Waals surface area contributed by atoms with Crippen molar-refractivity contribution < 1.29 is 23.1 Å². The first-order valence-electron chi connectivity index (χ1n) is 4.11. The van der Waals surface area contributed by atoms with E-state index in [-0.39, 0.29) is 5.71 Å². The van der Waals surface area contributed by atoms with Gasteiger partial charge in [0.15, 0.2) is 0 Å². The zero-order valence-electron chi connectivity index (χ0n) is 8.14. The molecule has 14 heavy (non-hydrogen) atoms. The van der Waals surface area contributed by atoms with Crippen molar-refractivity contribution in [2.75, 3.05) is 0 Å². The van der Waals surface area contributed by atoms with Crippen LogP contribution < -0.4 is 0 Å². The van der Waals surface area contributed by atoms with E-state index in [4.69, 9.17) is 5.11 Å². The molecule has 1 unspecified atom stereocenters. The van der Waals surface area contributed by atoms with Crippen LogP contribution in [0.15, 0.2) is 5.16 Å². The van der Waals surface area contributed by atoms with Gasteiger partial charge in [0.05, 0.1) is 12.1 Å². The molecule has 0 saturated heterocycles. The third-order valence-corrected chi connectivity index (χ3v) is 2.02. The molecule has 0 aromatic heterocycles. The summed E-state index contributed by atoms with van der Waals surface area (Å²) < 4.78 is 36.8. The summed E-state index contributed by atoms with van der Waals surface area (Å²) in [6, 6.07) is 0. The van der Waals surface area contributed by atoms with Crippen molar-refractivity contribution in [2.24, 2.45) is 10.6 Å².